The van der Waals surface area contributed by atoms with E-state index in [0.29, 0.717) is 13.2 Å². The molecule has 1 unspecified atom stereocenters. The van der Waals surface area contributed by atoms with Gasteiger partial charge >= 0.3 is 0 Å². The second kappa shape index (κ2) is 5.18. The Morgan fingerprint density at radius 1 is 1.41 bits per heavy atom. The van der Waals surface area contributed by atoms with Crippen LogP contribution in [0.1, 0.15) is 18.5 Å². The van der Waals surface area contributed by atoms with Crippen LogP contribution >= 0.6 is 0 Å². The predicted octanol–water partition coefficient (Wildman–Crippen LogP) is 0.519. The molecule has 0 aromatic carbocycles. The summed E-state index contributed by atoms with van der Waals surface area (Å²) < 4.78 is 38.8. The number of furan rings is 1. The summed E-state index contributed by atoms with van der Waals surface area (Å²) in [5.74, 6) is 0. The molecule has 1 atom stereocenters. The molecule has 4 rings (SSSR count). The molecule has 2 aliphatic rings. The van der Waals surface area contributed by atoms with E-state index in [2.05, 4.69) is 15.0 Å². The number of hydrogen-bond acceptors (Lipinski definition) is 6. The van der Waals surface area contributed by atoms with Crippen LogP contribution < -0.4 is 4.72 Å². The smallest absolute Gasteiger partial charge is 0.214 e. The van der Waals surface area contributed by atoms with Crippen LogP contribution in [0.5, 0.6) is 0 Å². The lowest BCUT2D eigenvalue weighted by Crippen LogP contribution is -2.40. The molecule has 1 fully saturated rings. The maximum absolute atomic E-state index is 11.8. The third-order valence-electron chi connectivity index (χ3n) is 3.94. The number of ether oxygens (including phenoxy) is 1. The van der Waals surface area contributed by atoms with Gasteiger partial charge in [0, 0.05) is 12.1 Å². The van der Waals surface area contributed by atoms with Gasteiger partial charge in [0.25, 0.3) is 0 Å². The molecule has 1 N–H and O–H groups in total. The number of rotatable bonds is 5. The first kappa shape index (κ1) is 13.9. The van der Waals surface area contributed by atoms with Gasteiger partial charge in [-0.2, -0.15) is 0 Å². The maximum Gasteiger partial charge on any atom is 0.214 e. The molecule has 1 saturated carbocycles. The molecule has 1 aliphatic carbocycles. The topological polar surface area (TPSA) is 99.2 Å². The Bertz CT molecular complexity index is 764. The first-order valence-corrected chi connectivity index (χ1v) is 8.73. The Hall–Kier alpha value is -1.71. The van der Waals surface area contributed by atoms with Gasteiger partial charge in [0.1, 0.15) is 5.69 Å². The minimum absolute atomic E-state index is 0.217. The van der Waals surface area contributed by atoms with Crippen molar-refractivity contribution in [2.45, 2.75) is 37.3 Å². The van der Waals surface area contributed by atoms with Crippen LogP contribution in [-0.2, 0) is 27.9 Å². The number of nitrogens with one attached hydrogen (secondary N) is 1. The van der Waals surface area contributed by atoms with Gasteiger partial charge in [-0.15, -0.1) is 5.10 Å². The first-order valence-electron chi connectivity index (χ1n) is 7.18. The lowest BCUT2D eigenvalue weighted by atomic mass is 10.2. The standard InChI is InChI=1S/C13H16N4O4S/c18-22(19,11-1-2-11)14-5-10-6-17-12(8-21-10)13(15-16-17)9-3-4-20-7-9/h3-4,7,10-11,14H,1-2,5-6,8H2. The fourth-order valence-electron chi connectivity index (χ4n) is 2.52. The Balaban J connectivity index is 1.44. The quantitative estimate of drug-likeness (QED) is 0.861. The third kappa shape index (κ3) is 2.55. The van der Waals surface area contributed by atoms with E-state index in [-0.39, 0.29) is 17.9 Å². The fraction of sp³-hybridized carbons (Fsp3) is 0.538. The molecule has 9 heteroatoms. The summed E-state index contributed by atoms with van der Waals surface area (Å²) in [6, 6.07) is 1.82. The Morgan fingerprint density at radius 2 is 2.27 bits per heavy atom. The first-order chi connectivity index (χ1) is 10.6. The maximum atomic E-state index is 11.8. The molecule has 22 heavy (non-hydrogen) atoms. The molecular weight excluding hydrogens is 308 g/mol. The summed E-state index contributed by atoms with van der Waals surface area (Å²) in [6.45, 7) is 1.09. The van der Waals surface area contributed by atoms with Crippen LogP contribution in [0.25, 0.3) is 11.3 Å². The van der Waals surface area contributed by atoms with E-state index in [0.717, 1.165) is 29.8 Å². The van der Waals surface area contributed by atoms with Crippen LogP contribution in [0.15, 0.2) is 23.0 Å². The van der Waals surface area contributed by atoms with E-state index in [9.17, 15) is 8.42 Å². The highest BCUT2D eigenvalue weighted by molar-refractivity contribution is 7.90. The van der Waals surface area contributed by atoms with Gasteiger partial charge in [0.2, 0.25) is 10.0 Å². The van der Waals surface area contributed by atoms with Crippen molar-refractivity contribution in [3.05, 3.63) is 24.3 Å². The molecular formula is C13H16N4O4S. The van der Waals surface area contributed by atoms with E-state index in [1.165, 1.54) is 0 Å². The van der Waals surface area contributed by atoms with Gasteiger partial charge in [0.05, 0.1) is 42.7 Å². The number of fused-ring (bicyclic) bond motifs is 1. The summed E-state index contributed by atoms with van der Waals surface area (Å²) >= 11 is 0. The van der Waals surface area contributed by atoms with Crippen molar-refractivity contribution in [3.63, 3.8) is 0 Å². The van der Waals surface area contributed by atoms with Gasteiger partial charge in [-0.3, -0.25) is 0 Å². The van der Waals surface area contributed by atoms with Gasteiger partial charge in [-0.1, -0.05) is 5.21 Å². The van der Waals surface area contributed by atoms with Crippen molar-refractivity contribution in [2.24, 2.45) is 0 Å². The van der Waals surface area contributed by atoms with Crippen LogP contribution in [-0.4, -0.2) is 41.3 Å². The molecule has 0 bridgehead atoms. The molecule has 8 nitrogen and oxygen atoms in total. The minimum atomic E-state index is -3.18. The SMILES string of the molecule is O=S(=O)(NCC1Cn2nnc(-c3ccoc3)c2CO1)C1CC1. The minimum Gasteiger partial charge on any atom is -0.472 e. The van der Waals surface area contributed by atoms with Crippen molar-refractivity contribution in [1.29, 1.82) is 0 Å². The van der Waals surface area contributed by atoms with Crippen molar-refractivity contribution >= 4 is 10.0 Å². The molecule has 2 aromatic heterocycles. The van der Waals surface area contributed by atoms with E-state index in [1.54, 1.807) is 17.2 Å². The average molecular weight is 324 g/mol. The normalized spacial score (nSPS) is 21.7. The highest BCUT2D eigenvalue weighted by Crippen LogP contribution is 2.28. The average Bonchev–Trinajstić information content (AvgIpc) is 3.09. The lowest BCUT2D eigenvalue weighted by molar-refractivity contribution is 0.00431. The molecule has 3 heterocycles. The van der Waals surface area contributed by atoms with Crippen LogP contribution in [0, 0.1) is 0 Å². The Labute approximate surface area is 127 Å². The number of hydrogen-bond donors (Lipinski definition) is 1. The molecule has 118 valence electrons. The summed E-state index contributed by atoms with van der Waals surface area (Å²) in [5.41, 5.74) is 2.48. The van der Waals surface area contributed by atoms with E-state index >= 15 is 0 Å². The van der Waals surface area contributed by atoms with Crippen molar-refractivity contribution in [1.82, 2.24) is 19.7 Å². The number of nitrogens with zero attached hydrogens (tertiary/aromatic N) is 3. The lowest BCUT2D eigenvalue weighted by Gasteiger charge is -2.24. The molecule has 0 radical (unpaired) electrons. The second-order valence-corrected chi connectivity index (χ2v) is 7.65. The van der Waals surface area contributed by atoms with Crippen LogP contribution in [0.3, 0.4) is 0 Å². The second-order valence-electron chi connectivity index (χ2n) is 5.60. The zero-order chi connectivity index (χ0) is 15.2. The van der Waals surface area contributed by atoms with Crippen LogP contribution in [0.4, 0.5) is 0 Å². The van der Waals surface area contributed by atoms with Gasteiger partial charge in [-0.25, -0.2) is 17.8 Å². The predicted molar refractivity (Wildman–Crippen MR) is 76.2 cm³/mol. The van der Waals surface area contributed by atoms with Crippen LogP contribution in [0.2, 0.25) is 0 Å². The summed E-state index contributed by atoms with van der Waals surface area (Å²) in [5, 5.41) is 8.06. The van der Waals surface area contributed by atoms with Gasteiger partial charge in [-0.05, 0) is 18.9 Å². The monoisotopic (exact) mass is 324 g/mol. The molecule has 0 spiro atoms. The van der Waals surface area contributed by atoms with Gasteiger partial charge < -0.3 is 9.15 Å². The molecule has 0 amide bonds. The number of sulfonamides is 1. The molecule has 0 saturated heterocycles. The van der Waals surface area contributed by atoms with E-state index < -0.39 is 10.0 Å². The molecule has 2 aromatic rings. The van der Waals surface area contributed by atoms with Crippen molar-refractivity contribution < 1.29 is 17.6 Å². The highest BCUT2D eigenvalue weighted by atomic mass is 32.2. The Kier molecular flexibility index (Phi) is 3.28. The summed E-state index contributed by atoms with van der Waals surface area (Å²) in [7, 11) is -3.18. The largest absolute Gasteiger partial charge is 0.472 e. The fourth-order valence-corrected chi connectivity index (χ4v) is 3.93. The summed E-state index contributed by atoms with van der Waals surface area (Å²) in [4.78, 5) is 0. The highest BCUT2D eigenvalue weighted by Gasteiger charge is 2.36. The third-order valence-corrected chi connectivity index (χ3v) is 5.86. The summed E-state index contributed by atoms with van der Waals surface area (Å²) in [6.07, 6.45) is 4.46. The van der Waals surface area contributed by atoms with E-state index in [4.69, 9.17) is 9.15 Å². The van der Waals surface area contributed by atoms with E-state index in [1.807, 2.05) is 6.07 Å². The van der Waals surface area contributed by atoms with Crippen molar-refractivity contribution in [2.75, 3.05) is 6.54 Å². The Morgan fingerprint density at radius 3 is 3.00 bits per heavy atom. The van der Waals surface area contributed by atoms with Crippen molar-refractivity contribution in [3.8, 4) is 11.3 Å². The molecule has 1 aliphatic heterocycles. The zero-order valence-electron chi connectivity index (χ0n) is 11.8. The zero-order valence-corrected chi connectivity index (χ0v) is 12.6. The van der Waals surface area contributed by atoms with Gasteiger partial charge in [0.15, 0.2) is 0 Å². The number of aromatic nitrogens is 3.